The van der Waals surface area contributed by atoms with Crippen LogP contribution in [0.2, 0.25) is 0 Å². The molecule has 0 aliphatic heterocycles. The van der Waals surface area contributed by atoms with E-state index in [4.69, 9.17) is 0 Å². The first-order valence-electron chi connectivity index (χ1n) is 8.37. The number of rotatable bonds is 10. The van der Waals surface area contributed by atoms with Crippen LogP contribution < -0.4 is 0 Å². The van der Waals surface area contributed by atoms with Gasteiger partial charge in [-0.1, -0.05) is 0 Å². The van der Waals surface area contributed by atoms with E-state index in [9.17, 15) is 127 Å². The van der Waals surface area contributed by atoms with Gasteiger partial charge in [-0.25, -0.2) is 0 Å². The third kappa shape index (κ3) is 4.25. The molecule has 0 saturated heterocycles. The van der Waals surface area contributed by atoms with Gasteiger partial charge in [-0.05, 0) is 0 Å². The fourth-order valence-electron chi connectivity index (χ4n) is 2.16. The summed E-state index contributed by atoms with van der Waals surface area (Å²) >= 11 is 0. The van der Waals surface area contributed by atoms with E-state index in [0.29, 0.717) is 0 Å². The predicted octanol–water partition coefficient (Wildman–Crippen LogP) is 10.6. The molecule has 0 spiro atoms. The minimum atomic E-state index is -13.9. The van der Waals surface area contributed by atoms with Gasteiger partial charge < -0.3 is 0 Å². The normalized spacial score (nSPS) is 18.2. The van der Waals surface area contributed by atoms with Crippen LogP contribution >= 0.6 is 7.54 Å². The summed E-state index contributed by atoms with van der Waals surface area (Å²) in [6.07, 6.45) is -16.7. The van der Waals surface area contributed by atoms with Crippen LogP contribution in [-0.2, 0) is 0 Å². The molecule has 0 N–H and O–H groups in total. The Bertz CT molecular complexity index is 934. The second-order valence-corrected chi connectivity index (χ2v) is 10.2. The number of alkyl halides is 26. The molecule has 0 heterocycles. The molecule has 0 aliphatic carbocycles. The van der Waals surface area contributed by atoms with Crippen LogP contribution in [0.5, 0.6) is 0 Å². The molecule has 0 amide bonds. The zero-order chi connectivity index (χ0) is 35.4. The topological polar surface area (TPSA) is 0 Å². The van der Waals surface area contributed by atoms with Crippen molar-refractivity contribution in [2.45, 2.75) is 71.1 Å². The summed E-state index contributed by atoms with van der Waals surface area (Å²) in [5.74, 6) is -76.0. The van der Waals surface area contributed by atoms with Crippen molar-refractivity contribution in [1.82, 2.24) is 0 Å². The molecule has 0 aromatic heterocycles. The van der Waals surface area contributed by atoms with E-state index in [1.165, 1.54) is 0 Å². The first kappa shape index (κ1) is 40.4. The van der Waals surface area contributed by atoms with Crippen molar-refractivity contribution in [3.8, 4) is 0 Å². The molecule has 30 heteroatoms. The molecule has 0 radical (unpaired) electrons. The van der Waals surface area contributed by atoms with E-state index in [-0.39, 0.29) is 0 Å². The molecule has 0 fully saturated rings. The monoisotopic (exact) mass is 726 g/mol. The third-order valence-electron chi connectivity index (χ3n) is 4.75. The van der Waals surface area contributed by atoms with E-state index in [1.54, 1.807) is 0 Å². The maximum atomic E-state index is 13.6. The van der Waals surface area contributed by atoms with E-state index >= 15 is 0 Å². The standard InChI is InChI=1S/C12F29P/c13-1(14,5(21,22)9(29,30)31)3(17,18)7(25,26)11(35,36)42(39,40,41)12(37,38)8(27,28)4(19,20)2(15,16)6(23,24)10(32,33)34. The van der Waals surface area contributed by atoms with Gasteiger partial charge in [0.25, 0.3) is 0 Å². The van der Waals surface area contributed by atoms with Crippen molar-refractivity contribution >= 4 is 7.54 Å². The Balaban J connectivity index is 7.67. The van der Waals surface area contributed by atoms with Crippen LogP contribution in [0.25, 0.3) is 0 Å². The number of hydrogen-bond acceptors (Lipinski definition) is 0. The Kier molecular flexibility index (Phi) is 8.65. The Morgan fingerprint density at radius 1 is 0.214 bits per heavy atom. The number of halogens is 29. The van der Waals surface area contributed by atoms with Crippen molar-refractivity contribution in [2.24, 2.45) is 0 Å². The van der Waals surface area contributed by atoms with E-state index in [1.807, 2.05) is 0 Å². The quantitative estimate of drug-likeness (QED) is 0.155. The molecule has 0 aromatic rings. The number of hydrogen-bond donors (Lipinski definition) is 0. The summed E-state index contributed by atoms with van der Waals surface area (Å²) in [6.45, 7) is 0. The molecule has 0 bridgehead atoms. The Hall–Kier alpha value is -1.60. The van der Waals surface area contributed by atoms with Gasteiger partial charge in [-0.15, -0.1) is 0 Å². The summed E-state index contributed by atoms with van der Waals surface area (Å²) < 4.78 is 375. The van der Waals surface area contributed by atoms with Gasteiger partial charge in [-0.3, -0.25) is 0 Å². The average molecular weight is 726 g/mol. The van der Waals surface area contributed by atoms with Crippen LogP contribution in [-0.4, -0.2) is 71.1 Å². The van der Waals surface area contributed by atoms with Gasteiger partial charge in [0.05, 0.1) is 0 Å². The summed E-state index contributed by atoms with van der Waals surface area (Å²) in [4.78, 5) is 0. The predicted molar refractivity (Wildman–Crippen MR) is 71.8 cm³/mol. The average Bonchev–Trinajstić information content (AvgIpc) is 2.70. The first-order valence-corrected chi connectivity index (χ1v) is 10.3. The van der Waals surface area contributed by atoms with Gasteiger partial charge in [0.1, 0.15) is 0 Å². The Labute approximate surface area is 207 Å². The molecule has 256 valence electrons. The summed E-state index contributed by atoms with van der Waals surface area (Å²) in [5, 5.41) is 0. The molecule has 0 rings (SSSR count). The molecule has 0 saturated carbocycles. The molecule has 0 nitrogen and oxygen atoms in total. The van der Waals surface area contributed by atoms with E-state index < -0.39 is 78.6 Å². The van der Waals surface area contributed by atoms with Gasteiger partial charge in [0.2, 0.25) is 0 Å². The fraction of sp³-hybridized carbons (Fsp3) is 1.00. The van der Waals surface area contributed by atoms with Crippen LogP contribution in [0.4, 0.5) is 127 Å². The maximum absolute atomic E-state index is 13.9. The molecule has 0 unspecified atom stereocenters. The van der Waals surface area contributed by atoms with Gasteiger partial charge in [0.15, 0.2) is 0 Å². The Morgan fingerprint density at radius 3 is 0.500 bits per heavy atom. The summed E-state index contributed by atoms with van der Waals surface area (Å²) in [6, 6.07) is 0. The first-order chi connectivity index (χ1) is 17.3. The van der Waals surface area contributed by atoms with Gasteiger partial charge in [0, 0.05) is 0 Å². The summed E-state index contributed by atoms with van der Waals surface area (Å²) in [5.41, 5.74) is -20.8. The molecule has 0 aliphatic rings. The van der Waals surface area contributed by atoms with Crippen LogP contribution in [0.3, 0.4) is 0 Å². The van der Waals surface area contributed by atoms with Crippen LogP contribution in [0.15, 0.2) is 0 Å². The van der Waals surface area contributed by atoms with Crippen molar-refractivity contribution in [2.75, 3.05) is 0 Å². The van der Waals surface area contributed by atoms with Gasteiger partial charge in [-0.2, -0.15) is 0 Å². The van der Waals surface area contributed by atoms with Crippen molar-refractivity contribution < 1.29 is 127 Å². The molecule has 42 heavy (non-hydrogen) atoms. The summed E-state index contributed by atoms with van der Waals surface area (Å²) in [7, 11) is -13.9. The molecule has 0 aromatic carbocycles. The van der Waals surface area contributed by atoms with Crippen molar-refractivity contribution in [3.63, 3.8) is 0 Å². The zero-order valence-electron chi connectivity index (χ0n) is 17.4. The van der Waals surface area contributed by atoms with Crippen molar-refractivity contribution in [1.29, 1.82) is 0 Å². The Morgan fingerprint density at radius 2 is 0.357 bits per heavy atom. The van der Waals surface area contributed by atoms with E-state index in [2.05, 4.69) is 0 Å². The van der Waals surface area contributed by atoms with Crippen molar-refractivity contribution in [3.05, 3.63) is 0 Å². The zero-order valence-corrected chi connectivity index (χ0v) is 18.3. The van der Waals surface area contributed by atoms with Gasteiger partial charge >= 0.3 is 205 Å². The van der Waals surface area contributed by atoms with Crippen LogP contribution in [0, 0.1) is 0 Å². The SMILES string of the molecule is FC(F)(F)C(F)(F)C(F)(F)C(F)(F)C(F)(F)C(F)(F)P(F)(F)(F)C(F)(F)C(F)(F)C(F)(F)C(F)(F)C(F)(F)C(F)(F)F. The fourth-order valence-corrected chi connectivity index (χ4v) is 3.71. The third-order valence-corrected chi connectivity index (χ3v) is 7.15. The molecule has 0 atom stereocenters. The molecular formula is C12F29P. The molecular weight excluding hydrogens is 726 g/mol. The van der Waals surface area contributed by atoms with Crippen LogP contribution in [0.1, 0.15) is 0 Å². The minimum absolute atomic E-state index is 8.34. The second-order valence-electron chi connectivity index (χ2n) is 7.48. The second kappa shape index (κ2) is 8.99. The van der Waals surface area contributed by atoms with E-state index in [0.717, 1.165) is 0 Å².